The van der Waals surface area contributed by atoms with E-state index >= 15 is 0 Å². The molecule has 17 heavy (non-hydrogen) atoms. The van der Waals surface area contributed by atoms with Gasteiger partial charge >= 0.3 is 0 Å². The number of fused-ring (bicyclic) bond motifs is 1. The Balaban J connectivity index is 2.56. The van der Waals surface area contributed by atoms with Crippen molar-refractivity contribution < 1.29 is 5.11 Å². The number of aliphatic hydroxyl groups excluding tert-OH is 1. The summed E-state index contributed by atoms with van der Waals surface area (Å²) in [5.41, 5.74) is 8.61. The molecule has 1 aromatic heterocycles. The Labute approximate surface area is 101 Å². The summed E-state index contributed by atoms with van der Waals surface area (Å²) in [5, 5.41) is 9.09. The van der Waals surface area contributed by atoms with Crippen LogP contribution in [0.3, 0.4) is 0 Å². The average molecular weight is 236 g/mol. The molecular weight excluding hydrogens is 216 g/mol. The Morgan fingerprint density at radius 3 is 2.76 bits per heavy atom. The number of hydrogen-bond acceptors (Lipinski definition) is 3. The van der Waals surface area contributed by atoms with Gasteiger partial charge in [0.15, 0.2) is 0 Å². The molecule has 0 aliphatic heterocycles. The minimum atomic E-state index is -0.0257. The number of aryl methyl sites for hydroxylation is 1. The number of hydrogen-bond donors (Lipinski definition) is 2. The molecule has 0 spiro atoms. The van der Waals surface area contributed by atoms with Gasteiger partial charge in [-0.25, -0.2) is 0 Å². The van der Waals surface area contributed by atoms with E-state index in [0.29, 0.717) is 12.1 Å². The van der Waals surface area contributed by atoms with Crippen LogP contribution < -0.4 is 11.3 Å². The van der Waals surface area contributed by atoms with Crippen LogP contribution in [-0.4, -0.2) is 16.3 Å². The van der Waals surface area contributed by atoms with E-state index in [2.05, 4.69) is 0 Å². The lowest BCUT2D eigenvalue weighted by atomic mass is 10.1. The van der Waals surface area contributed by atoms with Crippen molar-refractivity contribution in [3.8, 4) is 0 Å². The first-order valence-corrected chi connectivity index (χ1v) is 6.33. The minimum Gasteiger partial charge on any atom is -0.395 e. The van der Waals surface area contributed by atoms with Gasteiger partial charge < -0.3 is 15.4 Å². The lowest BCUT2D eigenvalue weighted by Crippen LogP contribution is -2.30. The zero-order chi connectivity index (χ0) is 12.3. The molecular formula is C13H20N2O2. The molecule has 0 bridgehead atoms. The molecule has 0 saturated carbocycles. The Hall–Kier alpha value is -1.13. The fourth-order valence-electron chi connectivity index (χ4n) is 2.60. The van der Waals surface area contributed by atoms with E-state index in [1.54, 1.807) is 4.57 Å². The van der Waals surface area contributed by atoms with Crippen molar-refractivity contribution in [2.24, 2.45) is 5.73 Å². The van der Waals surface area contributed by atoms with Gasteiger partial charge in [0.25, 0.3) is 5.56 Å². The highest BCUT2D eigenvalue weighted by Crippen LogP contribution is 2.20. The Kier molecular flexibility index (Phi) is 3.97. The van der Waals surface area contributed by atoms with Gasteiger partial charge in [0.2, 0.25) is 0 Å². The standard InChI is InChI=1S/C13H20N2O2/c14-9-11-8-10-4-2-1-3-5-12(10)15(6-7-16)13(11)17/h8,16H,1-7,9,14H2. The maximum Gasteiger partial charge on any atom is 0.255 e. The second-order valence-corrected chi connectivity index (χ2v) is 4.59. The van der Waals surface area contributed by atoms with Gasteiger partial charge in [-0.2, -0.15) is 0 Å². The first kappa shape index (κ1) is 12.3. The largest absolute Gasteiger partial charge is 0.395 e. The van der Waals surface area contributed by atoms with Crippen molar-refractivity contribution in [2.45, 2.75) is 45.2 Å². The van der Waals surface area contributed by atoms with Gasteiger partial charge in [-0.05, 0) is 37.3 Å². The van der Waals surface area contributed by atoms with E-state index in [1.165, 1.54) is 18.4 Å². The number of aliphatic hydroxyl groups is 1. The van der Waals surface area contributed by atoms with Crippen LogP contribution in [0.2, 0.25) is 0 Å². The van der Waals surface area contributed by atoms with Gasteiger partial charge in [-0.3, -0.25) is 4.79 Å². The topological polar surface area (TPSA) is 68.2 Å². The maximum absolute atomic E-state index is 12.1. The van der Waals surface area contributed by atoms with Crippen molar-refractivity contribution in [1.29, 1.82) is 0 Å². The van der Waals surface area contributed by atoms with Gasteiger partial charge in [0, 0.05) is 24.3 Å². The van der Waals surface area contributed by atoms with E-state index in [4.69, 9.17) is 10.8 Å². The van der Waals surface area contributed by atoms with Crippen LogP contribution >= 0.6 is 0 Å². The molecule has 3 N–H and O–H groups in total. The fourth-order valence-corrected chi connectivity index (χ4v) is 2.60. The van der Waals surface area contributed by atoms with Crippen molar-refractivity contribution in [3.05, 3.63) is 33.2 Å². The number of nitrogens with zero attached hydrogens (tertiary/aromatic N) is 1. The molecule has 0 radical (unpaired) electrons. The van der Waals surface area contributed by atoms with E-state index in [9.17, 15) is 4.79 Å². The zero-order valence-corrected chi connectivity index (χ0v) is 10.1. The normalized spacial score (nSPS) is 15.4. The summed E-state index contributed by atoms with van der Waals surface area (Å²) in [7, 11) is 0. The highest BCUT2D eigenvalue weighted by molar-refractivity contribution is 5.28. The summed E-state index contributed by atoms with van der Waals surface area (Å²) >= 11 is 0. The van der Waals surface area contributed by atoms with Gasteiger partial charge in [-0.15, -0.1) is 0 Å². The molecule has 1 aromatic rings. The van der Waals surface area contributed by atoms with Crippen LogP contribution in [0.15, 0.2) is 10.9 Å². The van der Waals surface area contributed by atoms with Gasteiger partial charge in [0.1, 0.15) is 0 Å². The van der Waals surface area contributed by atoms with Crippen molar-refractivity contribution in [2.75, 3.05) is 6.61 Å². The SMILES string of the molecule is NCc1cc2c(n(CCO)c1=O)CCCCC2. The molecule has 4 nitrogen and oxygen atoms in total. The molecule has 1 aliphatic rings. The smallest absolute Gasteiger partial charge is 0.255 e. The Morgan fingerprint density at radius 2 is 2.06 bits per heavy atom. The molecule has 0 unspecified atom stereocenters. The quantitative estimate of drug-likeness (QED) is 0.754. The van der Waals surface area contributed by atoms with Crippen LogP contribution in [0.1, 0.15) is 36.1 Å². The first-order chi connectivity index (χ1) is 8.27. The van der Waals surface area contributed by atoms with E-state index < -0.39 is 0 Å². The fraction of sp³-hybridized carbons (Fsp3) is 0.615. The average Bonchev–Trinajstić information content (AvgIpc) is 2.57. The number of rotatable bonds is 3. The summed E-state index contributed by atoms with van der Waals surface area (Å²) in [6, 6.07) is 1.97. The van der Waals surface area contributed by atoms with Crippen LogP contribution in [0, 0.1) is 0 Å². The lowest BCUT2D eigenvalue weighted by Gasteiger charge is -2.16. The second-order valence-electron chi connectivity index (χ2n) is 4.59. The van der Waals surface area contributed by atoms with Gasteiger partial charge in [-0.1, -0.05) is 6.42 Å². The molecule has 0 fully saturated rings. The van der Waals surface area contributed by atoms with Crippen molar-refractivity contribution in [1.82, 2.24) is 4.57 Å². The molecule has 0 aromatic carbocycles. The summed E-state index contributed by atoms with van der Waals surface area (Å²) in [6.07, 6.45) is 5.47. The monoisotopic (exact) mass is 236 g/mol. The summed E-state index contributed by atoms with van der Waals surface area (Å²) in [6.45, 7) is 0.660. The predicted octanol–water partition coefficient (Wildman–Crippen LogP) is 0.568. The van der Waals surface area contributed by atoms with E-state index in [1.807, 2.05) is 6.07 Å². The van der Waals surface area contributed by atoms with Crippen molar-refractivity contribution >= 4 is 0 Å². The molecule has 0 saturated heterocycles. The molecule has 0 atom stereocenters. The molecule has 4 heteroatoms. The summed E-state index contributed by atoms with van der Waals surface area (Å²) in [4.78, 5) is 12.1. The van der Waals surface area contributed by atoms with Crippen LogP contribution in [-0.2, 0) is 25.9 Å². The number of pyridine rings is 1. The zero-order valence-electron chi connectivity index (χ0n) is 10.1. The number of nitrogens with two attached hydrogens (primary N) is 1. The molecule has 1 heterocycles. The molecule has 94 valence electrons. The van der Waals surface area contributed by atoms with Crippen molar-refractivity contribution in [3.63, 3.8) is 0 Å². The third-order valence-electron chi connectivity index (χ3n) is 3.47. The van der Waals surface area contributed by atoms with Gasteiger partial charge in [0.05, 0.1) is 6.61 Å². The van der Waals surface area contributed by atoms with Crippen LogP contribution in [0.5, 0.6) is 0 Å². The molecule has 0 amide bonds. The Morgan fingerprint density at radius 1 is 1.29 bits per heavy atom. The molecule has 1 aliphatic carbocycles. The van der Waals surface area contributed by atoms with Crippen LogP contribution in [0.25, 0.3) is 0 Å². The lowest BCUT2D eigenvalue weighted by molar-refractivity contribution is 0.272. The summed E-state index contributed by atoms with van der Waals surface area (Å²) in [5.74, 6) is 0. The third kappa shape index (κ3) is 2.42. The van der Waals surface area contributed by atoms with E-state index in [0.717, 1.165) is 25.0 Å². The highest BCUT2D eigenvalue weighted by Gasteiger charge is 2.15. The van der Waals surface area contributed by atoms with Crippen LogP contribution in [0.4, 0.5) is 0 Å². The first-order valence-electron chi connectivity index (χ1n) is 6.33. The third-order valence-corrected chi connectivity index (χ3v) is 3.47. The minimum absolute atomic E-state index is 0.000368. The second kappa shape index (κ2) is 5.47. The predicted molar refractivity (Wildman–Crippen MR) is 66.9 cm³/mol. The molecule has 2 rings (SSSR count). The Bertz CT molecular complexity index is 451. The highest BCUT2D eigenvalue weighted by atomic mass is 16.3. The maximum atomic E-state index is 12.1. The number of aromatic nitrogens is 1. The van der Waals surface area contributed by atoms with E-state index in [-0.39, 0.29) is 18.7 Å². The summed E-state index contributed by atoms with van der Waals surface area (Å²) < 4.78 is 1.73.